The quantitative estimate of drug-likeness (QED) is 0.696. The van der Waals surface area contributed by atoms with E-state index in [0.717, 1.165) is 17.3 Å². The zero-order valence-electron chi connectivity index (χ0n) is 13.0. The van der Waals surface area contributed by atoms with Crippen molar-refractivity contribution < 1.29 is 19.1 Å². The Bertz CT molecular complexity index is 538. The van der Waals surface area contributed by atoms with Gasteiger partial charge in [-0.05, 0) is 35.7 Å². The van der Waals surface area contributed by atoms with Crippen LogP contribution in [-0.2, 0) is 14.3 Å². The number of likely N-dealkylation sites (tertiary alicyclic amines) is 1. The van der Waals surface area contributed by atoms with Gasteiger partial charge in [0, 0.05) is 25.4 Å². The van der Waals surface area contributed by atoms with E-state index < -0.39 is 0 Å². The largest absolute Gasteiger partial charge is 0.466 e. The maximum Gasteiger partial charge on any atom is 0.316 e. The molecule has 0 aromatic carbocycles. The monoisotopic (exact) mass is 385 g/mol. The number of carbonyl (C=O) groups excluding carboxylic acids is 2. The molecular weight excluding hydrogens is 366 g/mol. The number of carbonyl (C=O) groups is 2. The number of hydrogen-bond donors (Lipinski definition) is 0. The summed E-state index contributed by atoms with van der Waals surface area (Å²) in [4.78, 5) is 33.4. The highest BCUT2D eigenvalue weighted by Gasteiger charge is 2.25. The summed E-state index contributed by atoms with van der Waals surface area (Å²) >= 11 is 3.27. The number of ether oxygens (including phenoxy) is 2. The van der Waals surface area contributed by atoms with Gasteiger partial charge in [0.1, 0.15) is 6.10 Å². The van der Waals surface area contributed by atoms with E-state index in [0.29, 0.717) is 25.7 Å². The summed E-state index contributed by atoms with van der Waals surface area (Å²) in [5.41, 5.74) is 0. The lowest BCUT2D eigenvalue weighted by Gasteiger charge is -2.32. The molecule has 126 valence electrons. The van der Waals surface area contributed by atoms with Crippen LogP contribution < -0.4 is 4.74 Å². The van der Waals surface area contributed by atoms with Gasteiger partial charge >= 0.3 is 12.0 Å². The Labute approximate surface area is 143 Å². The zero-order valence-corrected chi connectivity index (χ0v) is 14.6. The Morgan fingerprint density at radius 1 is 1.35 bits per heavy atom. The van der Waals surface area contributed by atoms with Crippen LogP contribution in [0.2, 0.25) is 0 Å². The Morgan fingerprint density at radius 3 is 2.78 bits per heavy atom. The third-order valence-electron chi connectivity index (χ3n) is 3.45. The second-order valence-electron chi connectivity index (χ2n) is 5.21. The van der Waals surface area contributed by atoms with Crippen LogP contribution in [0.25, 0.3) is 0 Å². The molecule has 0 saturated carbocycles. The summed E-state index contributed by atoms with van der Waals surface area (Å²) in [5, 5.41) is 0. The number of halogens is 1. The van der Waals surface area contributed by atoms with Gasteiger partial charge in [-0.15, -0.1) is 0 Å². The van der Waals surface area contributed by atoms with Crippen molar-refractivity contribution in [1.29, 1.82) is 0 Å². The summed E-state index contributed by atoms with van der Waals surface area (Å²) in [6.07, 6.45) is 5.09. The molecule has 1 aromatic rings. The van der Waals surface area contributed by atoms with Crippen LogP contribution in [-0.4, -0.2) is 52.5 Å². The maximum absolute atomic E-state index is 12.2. The van der Waals surface area contributed by atoms with Crippen LogP contribution >= 0.6 is 15.9 Å². The minimum absolute atomic E-state index is 0.0527. The van der Waals surface area contributed by atoms with Crippen molar-refractivity contribution >= 4 is 27.8 Å². The number of piperidine rings is 1. The minimum atomic E-state index is -0.339. The minimum Gasteiger partial charge on any atom is -0.466 e. The molecule has 0 spiro atoms. The molecule has 0 unspecified atom stereocenters. The van der Waals surface area contributed by atoms with Gasteiger partial charge in [-0.25, -0.2) is 9.97 Å². The molecule has 1 atom stereocenters. The fourth-order valence-corrected chi connectivity index (χ4v) is 2.58. The highest BCUT2D eigenvalue weighted by Crippen LogP contribution is 2.17. The smallest absolute Gasteiger partial charge is 0.316 e. The topological polar surface area (TPSA) is 81.6 Å². The van der Waals surface area contributed by atoms with Gasteiger partial charge in [0.05, 0.1) is 24.0 Å². The van der Waals surface area contributed by atoms with E-state index in [1.54, 1.807) is 24.2 Å². The molecule has 1 aliphatic rings. The van der Waals surface area contributed by atoms with E-state index in [1.807, 2.05) is 0 Å². The summed E-state index contributed by atoms with van der Waals surface area (Å²) in [6, 6.07) is 0.305. The van der Waals surface area contributed by atoms with Gasteiger partial charge in [0.25, 0.3) is 0 Å². The molecular formula is C15H20BrN3O4. The van der Waals surface area contributed by atoms with Crippen molar-refractivity contribution in [3.8, 4) is 6.01 Å². The molecule has 1 fully saturated rings. The van der Waals surface area contributed by atoms with Crippen LogP contribution in [0.3, 0.4) is 0 Å². The van der Waals surface area contributed by atoms with E-state index in [4.69, 9.17) is 9.47 Å². The normalized spacial score (nSPS) is 17.7. The van der Waals surface area contributed by atoms with Crippen LogP contribution in [0.5, 0.6) is 6.01 Å². The highest BCUT2D eigenvalue weighted by molar-refractivity contribution is 9.10. The fraction of sp³-hybridized carbons (Fsp3) is 0.600. The van der Waals surface area contributed by atoms with Crippen molar-refractivity contribution in [2.24, 2.45) is 0 Å². The molecule has 0 N–H and O–H groups in total. The zero-order chi connectivity index (χ0) is 16.7. The molecule has 0 aliphatic carbocycles. The molecule has 1 amide bonds. The summed E-state index contributed by atoms with van der Waals surface area (Å²) in [6.45, 7) is 3.25. The van der Waals surface area contributed by atoms with E-state index in [9.17, 15) is 9.59 Å². The predicted molar refractivity (Wildman–Crippen MR) is 85.8 cm³/mol. The Morgan fingerprint density at radius 2 is 2.09 bits per heavy atom. The fourth-order valence-electron chi connectivity index (χ4n) is 2.37. The second-order valence-corrected chi connectivity index (χ2v) is 6.13. The standard InChI is InChI=1S/C15H20BrN3O4/c1-2-22-14(21)6-5-13(20)19-7-3-4-12(10-19)23-15-17-8-11(16)9-18-15/h8-9,12H,2-7,10H2,1H3/t12-/m0/s1. The second kappa shape index (κ2) is 8.81. The van der Waals surface area contributed by atoms with Crippen LogP contribution in [0, 0.1) is 0 Å². The van der Waals surface area contributed by atoms with Crippen LogP contribution in [0.1, 0.15) is 32.6 Å². The average molecular weight is 386 g/mol. The molecule has 8 heteroatoms. The number of esters is 1. The van der Waals surface area contributed by atoms with E-state index in [-0.39, 0.29) is 30.8 Å². The lowest BCUT2D eigenvalue weighted by Crippen LogP contribution is -2.44. The molecule has 1 aromatic heterocycles. The Kier molecular flexibility index (Phi) is 6.76. The van der Waals surface area contributed by atoms with Crippen molar-refractivity contribution in [3.05, 3.63) is 16.9 Å². The van der Waals surface area contributed by atoms with Gasteiger partial charge in [-0.2, -0.15) is 0 Å². The summed E-state index contributed by atoms with van der Waals surface area (Å²) < 4.78 is 11.3. The number of hydrogen-bond acceptors (Lipinski definition) is 6. The Balaban J connectivity index is 1.81. The number of aromatic nitrogens is 2. The molecule has 1 saturated heterocycles. The van der Waals surface area contributed by atoms with Gasteiger partial charge in [0.2, 0.25) is 5.91 Å². The SMILES string of the molecule is CCOC(=O)CCC(=O)N1CCC[C@H](Oc2ncc(Br)cn2)C1. The molecule has 0 radical (unpaired) electrons. The van der Waals surface area contributed by atoms with Gasteiger partial charge in [-0.3, -0.25) is 9.59 Å². The molecule has 1 aliphatic heterocycles. The van der Waals surface area contributed by atoms with Gasteiger partial charge in [0.15, 0.2) is 0 Å². The molecule has 2 heterocycles. The Hall–Kier alpha value is -1.70. The van der Waals surface area contributed by atoms with Crippen molar-refractivity contribution in [1.82, 2.24) is 14.9 Å². The van der Waals surface area contributed by atoms with E-state index in [1.165, 1.54) is 0 Å². The van der Waals surface area contributed by atoms with E-state index in [2.05, 4.69) is 25.9 Å². The summed E-state index contributed by atoms with van der Waals surface area (Å²) in [5.74, 6) is -0.392. The molecule has 2 rings (SSSR count). The van der Waals surface area contributed by atoms with Gasteiger partial charge in [-0.1, -0.05) is 0 Å². The van der Waals surface area contributed by atoms with Crippen LogP contribution in [0.4, 0.5) is 0 Å². The first kappa shape index (κ1) is 17.7. The highest BCUT2D eigenvalue weighted by atomic mass is 79.9. The van der Waals surface area contributed by atoms with Crippen molar-refractivity contribution in [2.75, 3.05) is 19.7 Å². The molecule has 7 nitrogen and oxygen atoms in total. The van der Waals surface area contributed by atoms with Crippen molar-refractivity contribution in [3.63, 3.8) is 0 Å². The van der Waals surface area contributed by atoms with Crippen LogP contribution in [0.15, 0.2) is 16.9 Å². The van der Waals surface area contributed by atoms with E-state index >= 15 is 0 Å². The number of nitrogens with zero attached hydrogens (tertiary/aromatic N) is 3. The average Bonchev–Trinajstić information content (AvgIpc) is 2.55. The molecule has 0 bridgehead atoms. The lowest BCUT2D eigenvalue weighted by atomic mass is 10.1. The first-order chi connectivity index (χ1) is 11.1. The molecule has 23 heavy (non-hydrogen) atoms. The third-order valence-corrected chi connectivity index (χ3v) is 3.86. The number of rotatable bonds is 6. The first-order valence-electron chi connectivity index (χ1n) is 7.66. The lowest BCUT2D eigenvalue weighted by molar-refractivity contribution is -0.146. The summed E-state index contributed by atoms with van der Waals surface area (Å²) in [7, 11) is 0. The first-order valence-corrected chi connectivity index (χ1v) is 8.45. The maximum atomic E-state index is 12.2. The number of amides is 1. The van der Waals surface area contributed by atoms with Gasteiger partial charge < -0.3 is 14.4 Å². The third kappa shape index (κ3) is 5.78. The predicted octanol–water partition coefficient (Wildman–Crippen LogP) is 1.95. The van der Waals surface area contributed by atoms with Crippen molar-refractivity contribution in [2.45, 2.75) is 38.7 Å².